The van der Waals surface area contributed by atoms with E-state index in [0.717, 1.165) is 16.5 Å². The highest BCUT2D eigenvalue weighted by Crippen LogP contribution is 2.23. The molecule has 0 atom stereocenters. The first-order valence-electron chi connectivity index (χ1n) is 7.92. The summed E-state index contributed by atoms with van der Waals surface area (Å²) in [5.41, 5.74) is 2.74. The quantitative estimate of drug-likeness (QED) is 0.532. The van der Waals surface area contributed by atoms with Crippen LogP contribution in [0.5, 0.6) is 0 Å². The standard InChI is InChI=1S/C17H12N8O/c1-2-13(16(19-5-1)25-10-18-9-21-25)17-22-15(24-26-17)7-11-3-4-12-8-20-23-14(12)6-11/h1-6,8-10H,7H2,(H,20,23). The topological polar surface area (TPSA) is 111 Å². The SMILES string of the molecule is c1cnc(-n2cncn2)c(-c2nc(Cc3ccc4cn[nH]c4c3)no2)c1. The van der Waals surface area contributed by atoms with Crippen LogP contribution < -0.4 is 0 Å². The van der Waals surface area contributed by atoms with Crippen LogP contribution in [0.15, 0.2) is 59.9 Å². The van der Waals surface area contributed by atoms with Crippen LogP contribution >= 0.6 is 0 Å². The van der Waals surface area contributed by atoms with Crippen molar-refractivity contribution in [2.24, 2.45) is 0 Å². The van der Waals surface area contributed by atoms with Gasteiger partial charge in [0.15, 0.2) is 11.6 Å². The fraction of sp³-hybridized carbons (Fsp3) is 0.0588. The van der Waals surface area contributed by atoms with Gasteiger partial charge in [0.2, 0.25) is 0 Å². The Bertz CT molecular complexity index is 1170. The van der Waals surface area contributed by atoms with Crippen LogP contribution in [0.25, 0.3) is 28.2 Å². The van der Waals surface area contributed by atoms with Crippen LogP contribution in [-0.4, -0.2) is 40.1 Å². The van der Waals surface area contributed by atoms with E-state index >= 15 is 0 Å². The van der Waals surface area contributed by atoms with Gasteiger partial charge in [0.1, 0.15) is 12.7 Å². The fourth-order valence-electron chi connectivity index (χ4n) is 2.78. The van der Waals surface area contributed by atoms with Crippen molar-refractivity contribution in [2.75, 3.05) is 0 Å². The highest BCUT2D eigenvalue weighted by molar-refractivity contribution is 5.78. The van der Waals surface area contributed by atoms with E-state index < -0.39 is 0 Å². The van der Waals surface area contributed by atoms with Crippen molar-refractivity contribution < 1.29 is 4.52 Å². The van der Waals surface area contributed by atoms with Gasteiger partial charge >= 0.3 is 0 Å². The minimum Gasteiger partial charge on any atom is -0.334 e. The Kier molecular flexibility index (Phi) is 3.27. The normalized spacial score (nSPS) is 11.2. The number of hydrogen-bond donors (Lipinski definition) is 1. The molecular formula is C17H12N8O. The zero-order valence-electron chi connectivity index (χ0n) is 13.4. The van der Waals surface area contributed by atoms with E-state index in [-0.39, 0.29) is 0 Å². The zero-order chi connectivity index (χ0) is 17.3. The average Bonchev–Trinajstić information content (AvgIpc) is 3.43. The van der Waals surface area contributed by atoms with E-state index in [1.807, 2.05) is 30.3 Å². The molecule has 1 N–H and O–H groups in total. The first-order chi connectivity index (χ1) is 12.9. The lowest BCUT2D eigenvalue weighted by Gasteiger charge is -2.03. The van der Waals surface area contributed by atoms with Crippen LogP contribution in [0.4, 0.5) is 0 Å². The molecule has 0 aliphatic heterocycles. The molecule has 0 unspecified atom stereocenters. The fourth-order valence-corrected chi connectivity index (χ4v) is 2.78. The van der Waals surface area contributed by atoms with Crippen LogP contribution in [0.2, 0.25) is 0 Å². The maximum absolute atomic E-state index is 5.45. The van der Waals surface area contributed by atoms with E-state index in [2.05, 4.69) is 35.4 Å². The van der Waals surface area contributed by atoms with Gasteiger partial charge in [-0.05, 0) is 23.8 Å². The van der Waals surface area contributed by atoms with Crippen LogP contribution in [0.3, 0.4) is 0 Å². The molecule has 4 heterocycles. The summed E-state index contributed by atoms with van der Waals surface area (Å²) in [7, 11) is 0. The molecule has 0 saturated heterocycles. The maximum Gasteiger partial charge on any atom is 0.261 e. The molecule has 0 saturated carbocycles. The molecule has 0 aliphatic rings. The molecule has 0 spiro atoms. The Morgan fingerprint density at radius 3 is 3.12 bits per heavy atom. The lowest BCUT2D eigenvalue weighted by atomic mass is 10.1. The first-order valence-corrected chi connectivity index (χ1v) is 7.92. The predicted molar refractivity (Wildman–Crippen MR) is 91.3 cm³/mol. The summed E-state index contributed by atoms with van der Waals surface area (Å²) in [4.78, 5) is 12.8. The van der Waals surface area contributed by atoms with Crippen molar-refractivity contribution in [3.8, 4) is 17.3 Å². The number of fused-ring (bicyclic) bond motifs is 1. The largest absolute Gasteiger partial charge is 0.334 e. The number of aromatic amines is 1. The molecule has 5 rings (SSSR count). The number of benzene rings is 1. The van der Waals surface area contributed by atoms with Gasteiger partial charge in [0.25, 0.3) is 5.89 Å². The number of aromatic nitrogens is 8. The summed E-state index contributed by atoms with van der Waals surface area (Å²) in [5.74, 6) is 1.56. The molecule has 26 heavy (non-hydrogen) atoms. The predicted octanol–water partition coefficient (Wildman–Crippen LogP) is 2.18. The Balaban J connectivity index is 1.47. The summed E-state index contributed by atoms with van der Waals surface area (Å²) >= 11 is 0. The Morgan fingerprint density at radius 2 is 2.19 bits per heavy atom. The molecule has 9 nitrogen and oxygen atoms in total. The number of nitrogens with zero attached hydrogens (tertiary/aromatic N) is 7. The summed E-state index contributed by atoms with van der Waals surface area (Å²) in [5, 5.41) is 16.3. The Morgan fingerprint density at radius 1 is 1.19 bits per heavy atom. The third kappa shape index (κ3) is 2.51. The third-order valence-electron chi connectivity index (χ3n) is 3.99. The number of nitrogens with one attached hydrogen (secondary N) is 1. The molecule has 0 radical (unpaired) electrons. The molecule has 9 heteroatoms. The van der Waals surface area contributed by atoms with Crippen molar-refractivity contribution >= 4 is 10.9 Å². The minimum atomic E-state index is 0.390. The van der Waals surface area contributed by atoms with Crippen molar-refractivity contribution in [2.45, 2.75) is 6.42 Å². The van der Waals surface area contributed by atoms with Gasteiger partial charge in [-0.25, -0.2) is 14.6 Å². The van der Waals surface area contributed by atoms with Gasteiger partial charge in [0, 0.05) is 18.0 Å². The van der Waals surface area contributed by atoms with E-state index in [9.17, 15) is 0 Å². The molecular weight excluding hydrogens is 332 g/mol. The second-order valence-electron chi connectivity index (χ2n) is 5.70. The Labute approximate surface area is 146 Å². The zero-order valence-corrected chi connectivity index (χ0v) is 13.4. The van der Waals surface area contributed by atoms with E-state index in [1.165, 1.54) is 6.33 Å². The molecule has 0 bridgehead atoms. The lowest BCUT2D eigenvalue weighted by molar-refractivity contribution is 0.423. The third-order valence-corrected chi connectivity index (χ3v) is 3.99. The van der Waals surface area contributed by atoms with E-state index in [0.29, 0.717) is 29.5 Å². The van der Waals surface area contributed by atoms with Gasteiger partial charge in [-0.15, -0.1) is 0 Å². The number of pyridine rings is 1. The summed E-state index contributed by atoms with van der Waals surface area (Å²) < 4.78 is 7.01. The number of rotatable bonds is 4. The molecule has 4 aromatic heterocycles. The van der Waals surface area contributed by atoms with E-state index in [4.69, 9.17) is 4.52 Å². The number of H-pyrrole nitrogens is 1. The molecule has 0 fully saturated rings. The smallest absolute Gasteiger partial charge is 0.261 e. The second-order valence-corrected chi connectivity index (χ2v) is 5.70. The molecule has 126 valence electrons. The van der Waals surface area contributed by atoms with Gasteiger partial charge < -0.3 is 4.52 Å². The van der Waals surface area contributed by atoms with Crippen LogP contribution in [-0.2, 0) is 6.42 Å². The first kappa shape index (κ1) is 14.5. The molecule has 1 aromatic carbocycles. The molecule has 5 aromatic rings. The highest BCUT2D eigenvalue weighted by atomic mass is 16.5. The van der Waals surface area contributed by atoms with Gasteiger partial charge in [0.05, 0.1) is 17.3 Å². The van der Waals surface area contributed by atoms with Crippen molar-refractivity contribution in [3.63, 3.8) is 0 Å². The minimum absolute atomic E-state index is 0.390. The van der Waals surface area contributed by atoms with Gasteiger partial charge in [-0.2, -0.15) is 15.2 Å². The van der Waals surface area contributed by atoms with Gasteiger partial charge in [-0.3, -0.25) is 5.10 Å². The summed E-state index contributed by atoms with van der Waals surface area (Å²) in [6, 6.07) is 9.74. The van der Waals surface area contributed by atoms with Crippen LogP contribution in [0, 0.1) is 0 Å². The number of hydrogen-bond acceptors (Lipinski definition) is 7. The van der Waals surface area contributed by atoms with Crippen molar-refractivity contribution in [1.29, 1.82) is 0 Å². The average molecular weight is 344 g/mol. The second kappa shape index (κ2) is 5.88. The van der Waals surface area contributed by atoms with Crippen molar-refractivity contribution in [3.05, 3.63) is 66.8 Å². The summed E-state index contributed by atoms with van der Waals surface area (Å²) in [6.07, 6.45) is 7.04. The molecule has 0 aliphatic carbocycles. The lowest BCUT2D eigenvalue weighted by Crippen LogP contribution is -2.00. The Hall–Kier alpha value is -3.88. The highest BCUT2D eigenvalue weighted by Gasteiger charge is 2.16. The maximum atomic E-state index is 5.45. The molecule has 0 amide bonds. The van der Waals surface area contributed by atoms with Crippen molar-refractivity contribution in [1.82, 2.24) is 40.1 Å². The van der Waals surface area contributed by atoms with E-state index in [1.54, 1.807) is 23.4 Å². The van der Waals surface area contributed by atoms with Crippen LogP contribution in [0.1, 0.15) is 11.4 Å². The monoisotopic (exact) mass is 344 g/mol. The summed E-state index contributed by atoms with van der Waals surface area (Å²) in [6.45, 7) is 0. The van der Waals surface area contributed by atoms with Gasteiger partial charge in [-0.1, -0.05) is 17.3 Å².